The first kappa shape index (κ1) is 17.1. The zero-order valence-electron chi connectivity index (χ0n) is 12.0. The van der Waals surface area contributed by atoms with Gasteiger partial charge in [0.1, 0.15) is 5.60 Å². The number of amides is 1. The van der Waals surface area contributed by atoms with E-state index >= 15 is 0 Å². The molecule has 1 amide bonds. The van der Waals surface area contributed by atoms with Gasteiger partial charge < -0.3 is 15.2 Å². The van der Waals surface area contributed by atoms with Crippen molar-refractivity contribution in [2.75, 3.05) is 6.61 Å². The number of carbonyl (C=O) groups is 1. The van der Waals surface area contributed by atoms with Gasteiger partial charge in [-0.1, -0.05) is 0 Å². The quantitative estimate of drug-likeness (QED) is 0.823. The van der Waals surface area contributed by atoms with Crippen LogP contribution in [-0.2, 0) is 4.74 Å². The van der Waals surface area contributed by atoms with Crippen LogP contribution in [0.4, 0.5) is 18.0 Å². The molecule has 0 aromatic rings. The molecule has 1 aliphatic rings. The number of rotatable bonds is 2. The van der Waals surface area contributed by atoms with Crippen LogP contribution in [0.25, 0.3) is 0 Å². The predicted molar refractivity (Wildman–Crippen MR) is 67.2 cm³/mol. The van der Waals surface area contributed by atoms with Crippen molar-refractivity contribution in [3.05, 3.63) is 0 Å². The first-order valence-corrected chi connectivity index (χ1v) is 6.66. The number of aliphatic hydroxyl groups excluding tert-OH is 1. The van der Waals surface area contributed by atoms with Crippen LogP contribution >= 0.6 is 0 Å². The molecule has 0 atom stereocenters. The molecule has 0 radical (unpaired) electrons. The molecule has 4 nitrogen and oxygen atoms in total. The molecule has 1 rings (SSSR count). The average Bonchev–Trinajstić information content (AvgIpc) is 2.26. The third-order valence-electron chi connectivity index (χ3n) is 3.57. The van der Waals surface area contributed by atoms with Gasteiger partial charge in [0.05, 0.1) is 12.0 Å². The molecule has 0 unspecified atom stereocenters. The standard InChI is InChI=1S/C13H22F3NO3/c1-11(2,3)20-10(19)17-9-4-6-12(8-18,7-5-9)13(14,15)16/h9,18H,4-8H2,1-3H3,(H,17,19). The Kier molecular flexibility index (Phi) is 4.94. The Hall–Kier alpha value is -0.980. The number of carbonyl (C=O) groups excluding carboxylic acids is 1. The molecule has 7 heteroatoms. The number of halogens is 3. The van der Waals surface area contributed by atoms with E-state index in [-0.39, 0.29) is 31.7 Å². The first-order valence-electron chi connectivity index (χ1n) is 6.66. The fourth-order valence-electron chi connectivity index (χ4n) is 2.32. The number of nitrogens with one attached hydrogen (secondary N) is 1. The highest BCUT2D eigenvalue weighted by molar-refractivity contribution is 5.68. The summed E-state index contributed by atoms with van der Waals surface area (Å²) in [7, 11) is 0. The third kappa shape index (κ3) is 4.26. The Morgan fingerprint density at radius 3 is 2.15 bits per heavy atom. The van der Waals surface area contributed by atoms with Gasteiger partial charge >= 0.3 is 12.3 Å². The molecule has 0 heterocycles. The van der Waals surface area contributed by atoms with E-state index in [1.54, 1.807) is 20.8 Å². The summed E-state index contributed by atoms with van der Waals surface area (Å²) in [5.74, 6) is 0. The molecular formula is C13H22F3NO3. The van der Waals surface area contributed by atoms with Crippen LogP contribution in [0.15, 0.2) is 0 Å². The van der Waals surface area contributed by atoms with E-state index in [2.05, 4.69) is 5.32 Å². The summed E-state index contributed by atoms with van der Waals surface area (Å²) in [5.41, 5.74) is -2.67. The highest BCUT2D eigenvalue weighted by Crippen LogP contribution is 2.48. The zero-order valence-corrected chi connectivity index (χ0v) is 12.0. The maximum absolute atomic E-state index is 12.9. The van der Waals surface area contributed by atoms with Crippen molar-refractivity contribution < 1.29 is 27.8 Å². The lowest BCUT2D eigenvalue weighted by Crippen LogP contribution is -2.49. The minimum atomic E-state index is -4.42. The second kappa shape index (κ2) is 5.79. The lowest BCUT2D eigenvalue weighted by Gasteiger charge is -2.40. The number of hydrogen-bond donors (Lipinski definition) is 2. The topological polar surface area (TPSA) is 58.6 Å². The number of aliphatic hydroxyl groups is 1. The smallest absolute Gasteiger partial charge is 0.407 e. The molecule has 0 aromatic carbocycles. The number of alkyl halides is 3. The Labute approximate surface area is 116 Å². The van der Waals surface area contributed by atoms with Gasteiger partial charge in [-0.3, -0.25) is 0 Å². The van der Waals surface area contributed by atoms with Crippen molar-refractivity contribution in [1.29, 1.82) is 0 Å². The Morgan fingerprint density at radius 1 is 1.30 bits per heavy atom. The molecule has 1 aliphatic carbocycles. The van der Waals surface area contributed by atoms with Crippen LogP contribution in [0.5, 0.6) is 0 Å². The third-order valence-corrected chi connectivity index (χ3v) is 3.57. The van der Waals surface area contributed by atoms with Gasteiger partial charge in [-0.15, -0.1) is 0 Å². The molecule has 118 valence electrons. The Balaban J connectivity index is 2.52. The maximum Gasteiger partial charge on any atom is 0.407 e. The van der Waals surface area contributed by atoms with Crippen LogP contribution < -0.4 is 5.32 Å². The highest BCUT2D eigenvalue weighted by atomic mass is 19.4. The Bertz CT molecular complexity index is 342. The second-order valence-electron chi connectivity index (χ2n) is 6.36. The number of alkyl carbamates (subject to hydrolysis) is 1. The van der Waals surface area contributed by atoms with Gasteiger partial charge in [-0.25, -0.2) is 4.79 Å². The molecule has 1 saturated carbocycles. The summed E-state index contributed by atoms with van der Waals surface area (Å²) >= 11 is 0. The Morgan fingerprint density at radius 2 is 1.80 bits per heavy atom. The van der Waals surface area contributed by atoms with Crippen LogP contribution in [0, 0.1) is 5.41 Å². The number of ether oxygens (including phenoxy) is 1. The molecule has 0 bridgehead atoms. The lowest BCUT2D eigenvalue weighted by atomic mass is 9.72. The fourth-order valence-corrected chi connectivity index (χ4v) is 2.32. The minimum absolute atomic E-state index is 0.180. The monoisotopic (exact) mass is 297 g/mol. The van der Waals surface area contributed by atoms with E-state index in [1.807, 2.05) is 0 Å². The van der Waals surface area contributed by atoms with Gasteiger partial charge in [-0.05, 0) is 46.5 Å². The van der Waals surface area contributed by atoms with Gasteiger partial charge in [0.15, 0.2) is 0 Å². The van der Waals surface area contributed by atoms with Crippen LogP contribution in [0.1, 0.15) is 46.5 Å². The molecular weight excluding hydrogens is 275 g/mol. The van der Waals surface area contributed by atoms with Gasteiger partial charge in [0.25, 0.3) is 0 Å². The van der Waals surface area contributed by atoms with Crippen LogP contribution in [0.3, 0.4) is 0 Å². The number of hydrogen-bond acceptors (Lipinski definition) is 3. The van der Waals surface area contributed by atoms with Gasteiger partial charge in [0, 0.05) is 6.04 Å². The predicted octanol–water partition coefficient (Wildman–Crippen LogP) is 2.99. The molecule has 0 spiro atoms. The summed E-state index contributed by atoms with van der Waals surface area (Å²) in [6.07, 6.45) is -5.05. The van der Waals surface area contributed by atoms with E-state index < -0.39 is 29.9 Å². The molecule has 1 fully saturated rings. The van der Waals surface area contributed by atoms with E-state index in [4.69, 9.17) is 9.84 Å². The molecule has 0 aromatic heterocycles. The average molecular weight is 297 g/mol. The van der Waals surface area contributed by atoms with Crippen molar-refractivity contribution in [1.82, 2.24) is 5.32 Å². The van der Waals surface area contributed by atoms with E-state index in [0.29, 0.717) is 0 Å². The van der Waals surface area contributed by atoms with Crippen LogP contribution in [-0.4, -0.2) is 35.6 Å². The summed E-state index contributed by atoms with van der Waals surface area (Å²) in [4.78, 5) is 11.5. The molecule has 2 N–H and O–H groups in total. The summed E-state index contributed by atoms with van der Waals surface area (Å²) in [6, 6.07) is -0.341. The fraction of sp³-hybridized carbons (Fsp3) is 0.923. The first-order chi connectivity index (χ1) is 8.99. The van der Waals surface area contributed by atoms with E-state index in [9.17, 15) is 18.0 Å². The SMILES string of the molecule is CC(C)(C)OC(=O)NC1CCC(CO)(C(F)(F)F)CC1. The van der Waals surface area contributed by atoms with E-state index in [1.165, 1.54) is 0 Å². The summed E-state index contributed by atoms with van der Waals surface area (Å²) < 4.78 is 43.9. The molecule has 20 heavy (non-hydrogen) atoms. The molecule has 0 aliphatic heterocycles. The minimum Gasteiger partial charge on any atom is -0.444 e. The van der Waals surface area contributed by atoms with Crippen molar-refractivity contribution in [2.45, 2.75) is 64.3 Å². The maximum atomic E-state index is 12.9. The lowest BCUT2D eigenvalue weighted by molar-refractivity contribution is -0.246. The van der Waals surface area contributed by atoms with E-state index in [0.717, 1.165) is 0 Å². The van der Waals surface area contributed by atoms with Crippen molar-refractivity contribution in [3.8, 4) is 0 Å². The second-order valence-corrected chi connectivity index (χ2v) is 6.36. The summed E-state index contributed by atoms with van der Waals surface area (Å²) in [5, 5.41) is 11.6. The summed E-state index contributed by atoms with van der Waals surface area (Å²) in [6.45, 7) is 4.24. The van der Waals surface area contributed by atoms with Crippen molar-refractivity contribution >= 4 is 6.09 Å². The van der Waals surface area contributed by atoms with Gasteiger partial charge in [-0.2, -0.15) is 13.2 Å². The normalized spacial score (nSPS) is 28.1. The van der Waals surface area contributed by atoms with Crippen molar-refractivity contribution in [2.24, 2.45) is 5.41 Å². The van der Waals surface area contributed by atoms with Crippen molar-refractivity contribution in [3.63, 3.8) is 0 Å². The zero-order chi connectivity index (χ0) is 15.6. The highest BCUT2D eigenvalue weighted by Gasteiger charge is 2.55. The van der Waals surface area contributed by atoms with Gasteiger partial charge in [0.2, 0.25) is 0 Å². The largest absolute Gasteiger partial charge is 0.444 e. The molecule has 0 saturated heterocycles. The van der Waals surface area contributed by atoms with Crippen LogP contribution in [0.2, 0.25) is 0 Å².